The molecule has 8 nitrogen and oxygen atoms in total. The number of amides is 1. The molecule has 28 heavy (non-hydrogen) atoms. The summed E-state index contributed by atoms with van der Waals surface area (Å²) in [5, 5.41) is 2.66. The molecule has 0 saturated heterocycles. The number of anilines is 1. The van der Waals surface area contributed by atoms with E-state index in [1.807, 2.05) is 0 Å². The molecule has 0 unspecified atom stereocenters. The third kappa shape index (κ3) is 4.51. The average Bonchev–Trinajstić information content (AvgIpc) is 2.96. The van der Waals surface area contributed by atoms with Crippen LogP contribution in [-0.4, -0.2) is 42.7 Å². The molecule has 0 bridgehead atoms. The topological polar surface area (TPSA) is 107 Å². The fourth-order valence-electron chi connectivity index (χ4n) is 2.72. The number of aromatic amines is 1. The summed E-state index contributed by atoms with van der Waals surface area (Å²) in [5.41, 5.74) is 1.78. The van der Waals surface area contributed by atoms with Gasteiger partial charge in [-0.1, -0.05) is 12.1 Å². The van der Waals surface area contributed by atoms with E-state index in [-0.39, 0.29) is 12.3 Å². The standard InChI is InChI=1S/C20H24N2O6/c1-6-27-19(24)16-11(2)17(21-12(16)3)20(25)28-13(4)18(23)22-14-9-7-8-10-15(14)26-5/h7-10,13,21H,6H2,1-5H3,(H,22,23)/t13-/m0/s1. The molecule has 150 valence electrons. The van der Waals surface area contributed by atoms with Crippen LogP contribution in [-0.2, 0) is 14.3 Å². The molecular formula is C20H24N2O6. The van der Waals surface area contributed by atoms with Crippen molar-refractivity contribution in [2.75, 3.05) is 19.0 Å². The molecule has 0 fully saturated rings. The lowest BCUT2D eigenvalue weighted by Crippen LogP contribution is -2.30. The summed E-state index contributed by atoms with van der Waals surface area (Å²) in [5.74, 6) is -1.28. The fraction of sp³-hybridized carbons (Fsp3) is 0.350. The minimum atomic E-state index is -1.06. The number of carbonyl (C=O) groups is 3. The molecule has 1 aromatic heterocycles. The van der Waals surface area contributed by atoms with Crippen LogP contribution >= 0.6 is 0 Å². The maximum absolute atomic E-state index is 12.5. The van der Waals surface area contributed by atoms with Crippen molar-refractivity contribution in [3.63, 3.8) is 0 Å². The second-order valence-corrected chi connectivity index (χ2v) is 6.08. The Labute approximate surface area is 163 Å². The highest BCUT2D eigenvalue weighted by Crippen LogP contribution is 2.24. The third-order valence-electron chi connectivity index (χ3n) is 4.14. The van der Waals surface area contributed by atoms with Crippen LogP contribution in [0.3, 0.4) is 0 Å². The van der Waals surface area contributed by atoms with Gasteiger partial charge in [-0.3, -0.25) is 4.79 Å². The molecule has 2 aromatic rings. The number of esters is 2. The Morgan fingerprint density at radius 3 is 2.46 bits per heavy atom. The lowest BCUT2D eigenvalue weighted by Gasteiger charge is -2.15. The summed E-state index contributed by atoms with van der Waals surface area (Å²) in [7, 11) is 1.49. The highest BCUT2D eigenvalue weighted by Gasteiger charge is 2.26. The maximum atomic E-state index is 12.5. The monoisotopic (exact) mass is 388 g/mol. The summed E-state index contributed by atoms with van der Waals surface area (Å²) in [4.78, 5) is 39.7. The Balaban J connectivity index is 2.11. The van der Waals surface area contributed by atoms with Gasteiger partial charge in [-0.2, -0.15) is 0 Å². The average molecular weight is 388 g/mol. The normalized spacial score (nSPS) is 11.5. The number of nitrogens with one attached hydrogen (secondary N) is 2. The summed E-state index contributed by atoms with van der Waals surface area (Å²) in [6.45, 7) is 6.66. The first-order chi connectivity index (χ1) is 13.3. The minimum Gasteiger partial charge on any atom is -0.495 e. The number of ether oxygens (including phenoxy) is 3. The molecule has 1 atom stereocenters. The zero-order valence-electron chi connectivity index (χ0n) is 16.5. The number of para-hydroxylation sites is 2. The summed E-state index contributed by atoms with van der Waals surface area (Å²) in [6.07, 6.45) is -1.06. The number of methoxy groups -OCH3 is 1. The smallest absolute Gasteiger partial charge is 0.355 e. The molecule has 0 aliphatic rings. The van der Waals surface area contributed by atoms with Gasteiger partial charge in [-0.15, -0.1) is 0 Å². The number of aromatic nitrogens is 1. The fourth-order valence-corrected chi connectivity index (χ4v) is 2.72. The van der Waals surface area contributed by atoms with Gasteiger partial charge in [0.25, 0.3) is 5.91 Å². The zero-order chi connectivity index (χ0) is 20.8. The van der Waals surface area contributed by atoms with E-state index >= 15 is 0 Å². The first-order valence-corrected chi connectivity index (χ1v) is 8.81. The van der Waals surface area contributed by atoms with E-state index in [0.29, 0.717) is 28.3 Å². The van der Waals surface area contributed by atoms with E-state index in [1.165, 1.54) is 14.0 Å². The van der Waals surface area contributed by atoms with Gasteiger partial charge in [-0.25, -0.2) is 9.59 Å². The van der Waals surface area contributed by atoms with Crippen molar-refractivity contribution < 1.29 is 28.6 Å². The number of rotatable bonds is 7. The lowest BCUT2D eigenvalue weighted by molar-refractivity contribution is -0.123. The first kappa shape index (κ1) is 21.0. The molecule has 0 aliphatic heterocycles. The zero-order valence-corrected chi connectivity index (χ0v) is 16.5. The van der Waals surface area contributed by atoms with Gasteiger partial charge in [0, 0.05) is 5.69 Å². The van der Waals surface area contributed by atoms with Crippen LogP contribution in [0.2, 0.25) is 0 Å². The Morgan fingerprint density at radius 2 is 1.82 bits per heavy atom. The van der Waals surface area contributed by atoms with Crippen molar-refractivity contribution in [2.24, 2.45) is 0 Å². The molecule has 0 radical (unpaired) electrons. The number of hydrogen-bond acceptors (Lipinski definition) is 6. The Bertz CT molecular complexity index is 887. The van der Waals surface area contributed by atoms with Gasteiger partial charge in [0.05, 0.1) is 25.0 Å². The molecule has 1 heterocycles. The molecule has 1 aromatic carbocycles. The van der Waals surface area contributed by atoms with Crippen LogP contribution in [0.5, 0.6) is 5.75 Å². The number of aryl methyl sites for hydroxylation is 1. The van der Waals surface area contributed by atoms with E-state index < -0.39 is 23.9 Å². The van der Waals surface area contributed by atoms with Gasteiger partial charge >= 0.3 is 11.9 Å². The number of carbonyl (C=O) groups excluding carboxylic acids is 3. The quantitative estimate of drug-likeness (QED) is 0.706. The third-order valence-corrected chi connectivity index (χ3v) is 4.14. The molecule has 2 N–H and O–H groups in total. The summed E-state index contributed by atoms with van der Waals surface area (Å²) >= 11 is 0. The maximum Gasteiger partial charge on any atom is 0.355 e. The van der Waals surface area contributed by atoms with Gasteiger partial charge in [0.2, 0.25) is 0 Å². The first-order valence-electron chi connectivity index (χ1n) is 8.81. The summed E-state index contributed by atoms with van der Waals surface area (Å²) in [6, 6.07) is 6.90. The van der Waals surface area contributed by atoms with Gasteiger partial charge in [0.15, 0.2) is 6.10 Å². The van der Waals surface area contributed by atoms with Gasteiger partial charge in [-0.05, 0) is 45.4 Å². The van der Waals surface area contributed by atoms with E-state index in [9.17, 15) is 14.4 Å². The van der Waals surface area contributed by atoms with Crippen molar-refractivity contribution in [1.29, 1.82) is 0 Å². The van der Waals surface area contributed by atoms with Crippen LogP contribution in [0.4, 0.5) is 5.69 Å². The van der Waals surface area contributed by atoms with E-state index in [2.05, 4.69) is 10.3 Å². The van der Waals surface area contributed by atoms with Gasteiger partial charge < -0.3 is 24.5 Å². The Kier molecular flexibility index (Phi) is 6.81. The van der Waals surface area contributed by atoms with E-state index in [0.717, 1.165) is 0 Å². The van der Waals surface area contributed by atoms with Crippen LogP contribution < -0.4 is 10.1 Å². The minimum absolute atomic E-state index is 0.109. The Hall–Kier alpha value is -3.29. The van der Waals surface area contributed by atoms with E-state index in [1.54, 1.807) is 45.0 Å². The van der Waals surface area contributed by atoms with Crippen LogP contribution in [0.25, 0.3) is 0 Å². The van der Waals surface area contributed by atoms with Crippen molar-refractivity contribution in [1.82, 2.24) is 4.98 Å². The molecule has 1 amide bonds. The van der Waals surface area contributed by atoms with Crippen molar-refractivity contribution in [3.05, 3.63) is 46.8 Å². The Morgan fingerprint density at radius 1 is 1.14 bits per heavy atom. The molecule has 0 aliphatic carbocycles. The predicted octanol–water partition coefficient (Wildman–Crippen LogP) is 3.00. The number of H-pyrrole nitrogens is 1. The second-order valence-electron chi connectivity index (χ2n) is 6.08. The lowest BCUT2D eigenvalue weighted by atomic mass is 10.1. The van der Waals surface area contributed by atoms with Crippen LogP contribution in [0.15, 0.2) is 24.3 Å². The van der Waals surface area contributed by atoms with Crippen molar-refractivity contribution in [2.45, 2.75) is 33.8 Å². The molecule has 0 saturated carbocycles. The highest BCUT2D eigenvalue weighted by molar-refractivity contribution is 6.00. The number of benzene rings is 1. The highest BCUT2D eigenvalue weighted by atomic mass is 16.5. The SMILES string of the molecule is CCOC(=O)c1c(C)[nH]c(C(=O)O[C@@H](C)C(=O)Nc2ccccc2OC)c1C. The van der Waals surface area contributed by atoms with E-state index in [4.69, 9.17) is 14.2 Å². The molecular weight excluding hydrogens is 364 g/mol. The summed E-state index contributed by atoms with van der Waals surface area (Å²) < 4.78 is 15.4. The van der Waals surface area contributed by atoms with Crippen LogP contribution in [0.1, 0.15) is 46.0 Å². The van der Waals surface area contributed by atoms with Crippen molar-refractivity contribution in [3.8, 4) is 5.75 Å². The van der Waals surface area contributed by atoms with Crippen molar-refractivity contribution >= 4 is 23.5 Å². The van der Waals surface area contributed by atoms with Crippen LogP contribution in [0, 0.1) is 13.8 Å². The molecule has 8 heteroatoms. The largest absolute Gasteiger partial charge is 0.495 e. The van der Waals surface area contributed by atoms with Gasteiger partial charge in [0.1, 0.15) is 11.4 Å². The number of hydrogen-bond donors (Lipinski definition) is 2. The molecule has 0 spiro atoms. The second kappa shape index (κ2) is 9.07. The molecule has 2 rings (SSSR count). The predicted molar refractivity (Wildman–Crippen MR) is 103 cm³/mol.